The van der Waals surface area contributed by atoms with Gasteiger partial charge < -0.3 is 9.38 Å². The molecule has 0 aliphatic carbocycles. The van der Waals surface area contributed by atoms with Crippen LogP contribution in [0.15, 0.2) is 23.1 Å². The molecule has 3 heterocycles. The third-order valence-electron chi connectivity index (χ3n) is 2.62. The molecule has 0 aromatic carbocycles. The number of fused-ring (bicyclic) bond motifs is 3. The van der Waals surface area contributed by atoms with Crippen molar-refractivity contribution in [3.63, 3.8) is 0 Å². The number of nitrogens with zero attached hydrogens (tertiary/aromatic N) is 1. The fraction of sp³-hybridized carbons (Fsp3) is 0.0909. The highest BCUT2D eigenvalue weighted by atomic mass is 32.1. The Morgan fingerprint density at radius 1 is 1.50 bits per heavy atom. The number of rotatable bonds is 1. The number of aldehydes is 1. The van der Waals surface area contributed by atoms with Crippen molar-refractivity contribution in [3.8, 4) is 0 Å². The SMILES string of the molecule is Cc1ccn2c1c(=O)[nH]c1cc(C=O)sc12. The lowest BCUT2D eigenvalue weighted by Gasteiger charge is -1.96. The summed E-state index contributed by atoms with van der Waals surface area (Å²) in [5.74, 6) is 0. The van der Waals surface area contributed by atoms with E-state index in [2.05, 4.69) is 4.98 Å². The van der Waals surface area contributed by atoms with Gasteiger partial charge in [0.25, 0.3) is 5.56 Å². The number of aromatic amines is 1. The van der Waals surface area contributed by atoms with Gasteiger partial charge in [0.15, 0.2) is 6.29 Å². The number of H-pyrrole nitrogens is 1. The highest BCUT2D eigenvalue weighted by molar-refractivity contribution is 7.20. The van der Waals surface area contributed by atoms with Crippen LogP contribution in [-0.4, -0.2) is 15.7 Å². The molecule has 0 fully saturated rings. The molecule has 16 heavy (non-hydrogen) atoms. The molecule has 0 saturated carbocycles. The first-order valence-electron chi connectivity index (χ1n) is 4.79. The van der Waals surface area contributed by atoms with E-state index in [0.29, 0.717) is 15.9 Å². The molecular formula is C11H8N2O2S. The van der Waals surface area contributed by atoms with E-state index >= 15 is 0 Å². The number of thiophene rings is 1. The van der Waals surface area contributed by atoms with E-state index in [1.807, 2.05) is 23.6 Å². The molecule has 0 bridgehead atoms. The van der Waals surface area contributed by atoms with Crippen molar-refractivity contribution in [2.24, 2.45) is 0 Å². The minimum Gasteiger partial charge on any atom is -0.318 e. The van der Waals surface area contributed by atoms with Crippen LogP contribution in [0.25, 0.3) is 15.9 Å². The Balaban J connectivity index is 2.62. The average molecular weight is 232 g/mol. The fourth-order valence-corrected chi connectivity index (χ4v) is 2.81. The number of aromatic nitrogens is 2. The number of aryl methyl sites for hydroxylation is 1. The molecular weight excluding hydrogens is 224 g/mol. The van der Waals surface area contributed by atoms with Gasteiger partial charge >= 0.3 is 0 Å². The number of carbonyl (C=O) groups excluding carboxylic acids is 1. The zero-order valence-corrected chi connectivity index (χ0v) is 9.30. The summed E-state index contributed by atoms with van der Waals surface area (Å²) >= 11 is 1.37. The Kier molecular flexibility index (Phi) is 1.79. The molecule has 4 nitrogen and oxygen atoms in total. The molecule has 3 aromatic heterocycles. The van der Waals surface area contributed by atoms with E-state index in [1.54, 1.807) is 6.07 Å². The predicted octanol–water partition coefficient (Wildman–Crippen LogP) is 1.96. The fourth-order valence-electron chi connectivity index (χ4n) is 1.90. The molecule has 0 unspecified atom stereocenters. The van der Waals surface area contributed by atoms with Gasteiger partial charge in [-0.3, -0.25) is 9.59 Å². The molecule has 0 spiro atoms. The highest BCUT2D eigenvalue weighted by Crippen LogP contribution is 2.23. The van der Waals surface area contributed by atoms with Crippen LogP contribution in [0.2, 0.25) is 0 Å². The first-order valence-corrected chi connectivity index (χ1v) is 5.61. The van der Waals surface area contributed by atoms with E-state index in [4.69, 9.17) is 0 Å². The van der Waals surface area contributed by atoms with Crippen molar-refractivity contribution in [1.29, 1.82) is 0 Å². The Morgan fingerprint density at radius 2 is 2.31 bits per heavy atom. The first kappa shape index (κ1) is 9.35. The summed E-state index contributed by atoms with van der Waals surface area (Å²) in [6.45, 7) is 1.89. The third kappa shape index (κ3) is 1.09. The van der Waals surface area contributed by atoms with Crippen molar-refractivity contribution < 1.29 is 4.79 Å². The second-order valence-electron chi connectivity index (χ2n) is 3.66. The smallest absolute Gasteiger partial charge is 0.273 e. The summed E-state index contributed by atoms with van der Waals surface area (Å²) < 4.78 is 1.83. The van der Waals surface area contributed by atoms with Gasteiger partial charge in [0.2, 0.25) is 0 Å². The van der Waals surface area contributed by atoms with Crippen LogP contribution >= 0.6 is 11.3 Å². The van der Waals surface area contributed by atoms with E-state index in [-0.39, 0.29) is 5.56 Å². The lowest BCUT2D eigenvalue weighted by Crippen LogP contribution is -2.09. The van der Waals surface area contributed by atoms with Crippen LogP contribution in [0.1, 0.15) is 15.2 Å². The standard InChI is InChI=1S/C11H8N2O2S/c1-6-2-3-13-9(6)10(15)12-8-4-7(5-14)16-11(8)13/h2-5H,1H3,(H,12,15). The number of hydrogen-bond acceptors (Lipinski definition) is 3. The van der Waals surface area contributed by atoms with Crippen LogP contribution in [0, 0.1) is 6.92 Å². The molecule has 0 radical (unpaired) electrons. The zero-order valence-electron chi connectivity index (χ0n) is 8.48. The van der Waals surface area contributed by atoms with Gasteiger partial charge in [-0.2, -0.15) is 0 Å². The van der Waals surface area contributed by atoms with Gasteiger partial charge in [-0.15, -0.1) is 11.3 Å². The maximum Gasteiger partial charge on any atom is 0.273 e. The molecule has 0 aliphatic heterocycles. The molecule has 0 amide bonds. The summed E-state index contributed by atoms with van der Waals surface area (Å²) in [6, 6.07) is 3.59. The molecule has 0 saturated heterocycles. The van der Waals surface area contributed by atoms with Crippen LogP contribution in [0.4, 0.5) is 0 Å². The van der Waals surface area contributed by atoms with Crippen LogP contribution < -0.4 is 5.56 Å². The van der Waals surface area contributed by atoms with E-state index in [0.717, 1.165) is 16.7 Å². The monoisotopic (exact) mass is 232 g/mol. The Bertz CT molecular complexity index is 763. The van der Waals surface area contributed by atoms with Crippen molar-refractivity contribution >= 4 is 33.5 Å². The van der Waals surface area contributed by atoms with E-state index in [9.17, 15) is 9.59 Å². The Morgan fingerprint density at radius 3 is 3.06 bits per heavy atom. The molecule has 1 N–H and O–H groups in total. The van der Waals surface area contributed by atoms with E-state index < -0.39 is 0 Å². The topological polar surface area (TPSA) is 54.3 Å². The van der Waals surface area contributed by atoms with E-state index in [1.165, 1.54) is 11.3 Å². The second-order valence-corrected chi connectivity index (χ2v) is 4.72. The maximum absolute atomic E-state index is 11.8. The van der Waals surface area contributed by atoms with Gasteiger partial charge in [-0.05, 0) is 24.6 Å². The van der Waals surface area contributed by atoms with Crippen molar-refractivity contribution in [3.05, 3.63) is 39.1 Å². The summed E-state index contributed by atoms with van der Waals surface area (Å²) in [6.07, 6.45) is 2.65. The third-order valence-corrected chi connectivity index (χ3v) is 3.68. The van der Waals surface area contributed by atoms with Crippen LogP contribution in [0.5, 0.6) is 0 Å². The quantitative estimate of drug-likeness (QED) is 0.652. The summed E-state index contributed by atoms with van der Waals surface area (Å²) in [7, 11) is 0. The Hall–Kier alpha value is -1.88. The summed E-state index contributed by atoms with van der Waals surface area (Å²) in [5, 5.41) is 0. The second kappa shape index (κ2) is 3.05. The van der Waals surface area contributed by atoms with Crippen molar-refractivity contribution in [1.82, 2.24) is 9.38 Å². The highest BCUT2D eigenvalue weighted by Gasteiger charge is 2.10. The van der Waals surface area contributed by atoms with Crippen molar-refractivity contribution in [2.45, 2.75) is 6.92 Å². The number of carbonyl (C=O) groups is 1. The van der Waals surface area contributed by atoms with Gasteiger partial charge in [-0.25, -0.2) is 0 Å². The molecule has 3 rings (SSSR count). The number of hydrogen-bond donors (Lipinski definition) is 1. The Labute approximate surface area is 94.1 Å². The molecule has 0 atom stereocenters. The lowest BCUT2D eigenvalue weighted by atomic mass is 10.3. The largest absolute Gasteiger partial charge is 0.318 e. The zero-order chi connectivity index (χ0) is 11.3. The first-order chi connectivity index (χ1) is 7.70. The normalized spacial score (nSPS) is 11.3. The minimum atomic E-state index is -0.120. The lowest BCUT2D eigenvalue weighted by molar-refractivity contribution is 0.112. The van der Waals surface area contributed by atoms with Crippen LogP contribution in [0.3, 0.4) is 0 Å². The summed E-state index contributed by atoms with van der Waals surface area (Å²) in [5.41, 5.74) is 2.17. The average Bonchev–Trinajstić information content (AvgIpc) is 2.82. The maximum atomic E-state index is 11.8. The molecule has 80 valence electrons. The van der Waals surface area contributed by atoms with Crippen molar-refractivity contribution in [2.75, 3.05) is 0 Å². The molecule has 0 aliphatic rings. The van der Waals surface area contributed by atoms with Gasteiger partial charge in [-0.1, -0.05) is 0 Å². The summed E-state index contributed by atoms with van der Waals surface area (Å²) in [4.78, 5) is 26.8. The number of nitrogens with one attached hydrogen (secondary N) is 1. The molecule has 3 aromatic rings. The van der Waals surface area contributed by atoms with Gasteiger partial charge in [0.05, 0.1) is 10.4 Å². The van der Waals surface area contributed by atoms with Gasteiger partial charge in [0, 0.05) is 6.20 Å². The van der Waals surface area contributed by atoms with Crippen LogP contribution in [-0.2, 0) is 0 Å². The molecule has 5 heteroatoms. The minimum absolute atomic E-state index is 0.120. The van der Waals surface area contributed by atoms with Gasteiger partial charge in [0.1, 0.15) is 10.3 Å². The predicted molar refractivity (Wildman–Crippen MR) is 63.5 cm³/mol.